The summed E-state index contributed by atoms with van der Waals surface area (Å²) >= 11 is 0. The van der Waals surface area contributed by atoms with Crippen LogP contribution in [0.3, 0.4) is 0 Å². The highest BCUT2D eigenvalue weighted by Crippen LogP contribution is 2.23. The predicted octanol–water partition coefficient (Wildman–Crippen LogP) is 1.80. The van der Waals surface area contributed by atoms with Gasteiger partial charge in [-0.2, -0.15) is 0 Å². The Morgan fingerprint density at radius 1 is 0.950 bits per heavy atom. The van der Waals surface area contributed by atoms with E-state index in [0.717, 1.165) is 0 Å². The molecule has 0 fully saturated rings. The van der Waals surface area contributed by atoms with E-state index in [0.29, 0.717) is 17.2 Å². The first-order chi connectivity index (χ1) is 9.54. The summed E-state index contributed by atoms with van der Waals surface area (Å²) in [6, 6.07) is 12.8. The van der Waals surface area contributed by atoms with Gasteiger partial charge in [0.1, 0.15) is 11.5 Å². The third-order valence-electron chi connectivity index (χ3n) is 2.50. The van der Waals surface area contributed by atoms with Crippen molar-refractivity contribution < 1.29 is 19.4 Å². The van der Waals surface area contributed by atoms with Gasteiger partial charge < -0.3 is 20.0 Å². The van der Waals surface area contributed by atoms with E-state index < -0.39 is 5.97 Å². The van der Waals surface area contributed by atoms with Crippen LogP contribution in [-0.4, -0.2) is 11.9 Å². The predicted molar refractivity (Wildman–Crippen MR) is 71.6 cm³/mol. The van der Waals surface area contributed by atoms with Gasteiger partial charge in [0.15, 0.2) is 0 Å². The quantitative estimate of drug-likeness (QED) is 0.918. The molecule has 0 saturated heterocycles. The summed E-state index contributed by atoms with van der Waals surface area (Å²) in [5.41, 5.74) is 0.774. The molecule has 0 spiro atoms. The fourth-order valence-corrected chi connectivity index (χ4v) is 1.60. The SMILES string of the molecule is CC(=O)Nc1ccc(Oc2ccc(C(=O)[O-])cc2)cc1. The van der Waals surface area contributed by atoms with E-state index in [1.54, 1.807) is 36.4 Å². The van der Waals surface area contributed by atoms with Gasteiger partial charge in [-0.3, -0.25) is 4.79 Å². The van der Waals surface area contributed by atoms with Gasteiger partial charge in [0, 0.05) is 12.6 Å². The lowest BCUT2D eigenvalue weighted by molar-refractivity contribution is -0.255. The second kappa shape index (κ2) is 5.88. The molecule has 0 aromatic heterocycles. The average Bonchev–Trinajstić information content (AvgIpc) is 2.41. The minimum Gasteiger partial charge on any atom is -0.545 e. The van der Waals surface area contributed by atoms with Crippen molar-refractivity contribution in [2.75, 3.05) is 5.32 Å². The standard InChI is InChI=1S/C15H13NO4/c1-10(17)16-12-4-8-14(9-5-12)20-13-6-2-11(3-7-13)15(18)19/h2-9H,1H3,(H,16,17)(H,18,19)/p-1. The van der Waals surface area contributed by atoms with E-state index in [4.69, 9.17) is 4.74 Å². The maximum Gasteiger partial charge on any atom is 0.221 e. The van der Waals surface area contributed by atoms with E-state index in [2.05, 4.69) is 5.32 Å². The minimum absolute atomic E-state index is 0.0957. The Morgan fingerprint density at radius 3 is 1.90 bits per heavy atom. The zero-order valence-corrected chi connectivity index (χ0v) is 10.8. The summed E-state index contributed by atoms with van der Waals surface area (Å²) in [5, 5.41) is 13.3. The fraction of sp³-hybridized carbons (Fsp3) is 0.0667. The van der Waals surface area contributed by atoms with E-state index in [-0.39, 0.29) is 11.5 Å². The Balaban J connectivity index is 2.06. The van der Waals surface area contributed by atoms with Crippen LogP contribution in [0.25, 0.3) is 0 Å². The number of nitrogens with one attached hydrogen (secondary N) is 1. The Kier molecular flexibility index (Phi) is 4.00. The zero-order chi connectivity index (χ0) is 14.5. The topological polar surface area (TPSA) is 78.5 Å². The van der Waals surface area contributed by atoms with Crippen molar-refractivity contribution in [3.63, 3.8) is 0 Å². The van der Waals surface area contributed by atoms with Crippen LogP contribution in [0.15, 0.2) is 48.5 Å². The van der Waals surface area contributed by atoms with Crippen molar-refractivity contribution in [3.05, 3.63) is 54.1 Å². The molecule has 2 aromatic rings. The Labute approximate surface area is 115 Å². The Morgan fingerprint density at radius 2 is 1.45 bits per heavy atom. The van der Waals surface area contributed by atoms with Crippen molar-refractivity contribution in [3.8, 4) is 11.5 Å². The van der Waals surface area contributed by atoms with Gasteiger partial charge in [0.05, 0.1) is 5.97 Å². The number of hydrogen-bond acceptors (Lipinski definition) is 4. The molecular weight excluding hydrogens is 258 g/mol. The number of rotatable bonds is 4. The fourth-order valence-electron chi connectivity index (χ4n) is 1.60. The molecule has 0 unspecified atom stereocenters. The lowest BCUT2D eigenvalue weighted by atomic mass is 10.2. The molecule has 5 nitrogen and oxygen atoms in total. The highest BCUT2D eigenvalue weighted by atomic mass is 16.5. The molecule has 0 aliphatic carbocycles. The summed E-state index contributed by atoms with van der Waals surface area (Å²) in [5.74, 6) is -0.268. The van der Waals surface area contributed by atoms with Gasteiger partial charge in [0.25, 0.3) is 0 Å². The molecule has 1 N–H and O–H groups in total. The van der Waals surface area contributed by atoms with Crippen molar-refractivity contribution in [1.29, 1.82) is 0 Å². The molecular formula is C15H12NO4-. The molecule has 0 aliphatic heterocycles. The number of hydrogen-bond donors (Lipinski definition) is 1. The Bertz CT molecular complexity index is 617. The number of aromatic carboxylic acids is 1. The second-order valence-corrected chi connectivity index (χ2v) is 4.12. The first-order valence-corrected chi connectivity index (χ1v) is 5.91. The molecule has 102 valence electrons. The number of anilines is 1. The smallest absolute Gasteiger partial charge is 0.221 e. The molecule has 2 rings (SSSR count). The number of amides is 1. The van der Waals surface area contributed by atoms with Gasteiger partial charge in [0.2, 0.25) is 5.91 Å². The number of ether oxygens (including phenoxy) is 1. The van der Waals surface area contributed by atoms with Gasteiger partial charge >= 0.3 is 0 Å². The molecule has 1 amide bonds. The second-order valence-electron chi connectivity index (χ2n) is 4.12. The van der Waals surface area contributed by atoms with Crippen molar-refractivity contribution in [1.82, 2.24) is 0 Å². The van der Waals surface area contributed by atoms with E-state index >= 15 is 0 Å². The number of carbonyl (C=O) groups is 2. The summed E-state index contributed by atoms with van der Waals surface area (Å²) in [4.78, 5) is 21.5. The summed E-state index contributed by atoms with van der Waals surface area (Å²) in [6.45, 7) is 1.43. The first-order valence-electron chi connectivity index (χ1n) is 5.91. The van der Waals surface area contributed by atoms with Gasteiger partial charge in [-0.05, 0) is 54.1 Å². The summed E-state index contributed by atoms with van der Waals surface area (Å²) in [6.07, 6.45) is 0. The number of benzene rings is 2. The number of carbonyl (C=O) groups excluding carboxylic acids is 2. The van der Waals surface area contributed by atoms with E-state index in [9.17, 15) is 14.7 Å². The lowest BCUT2D eigenvalue weighted by Gasteiger charge is -2.08. The van der Waals surface area contributed by atoms with Gasteiger partial charge in [-0.25, -0.2) is 0 Å². The molecule has 20 heavy (non-hydrogen) atoms. The largest absolute Gasteiger partial charge is 0.545 e. The molecule has 2 aromatic carbocycles. The molecule has 0 saturated carbocycles. The highest BCUT2D eigenvalue weighted by Gasteiger charge is 2.00. The zero-order valence-electron chi connectivity index (χ0n) is 10.8. The van der Waals surface area contributed by atoms with E-state index in [1.807, 2.05) is 0 Å². The van der Waals surface area contributed by atoms with Gasteiger partial charge in [-0.15, -0.1) is 0 Å². The number of carboxylic acid groups (broad SMARTS) is 1. The van der Waals surface area contributed by atoms with Crippen LogP contribution in [-0.2, 0) is 4.79 Å². The average molecular weight is 270 g/mol. The summed E-state index contributed by atoms with van der Waals surface area (Å²) < 4.78 is 5.55. The third-order valence-corrected chi connectivity index (χ3v) is 2.50. The van der Waals surface area contributed by atoms with Crippen LogP contribution in [0.2, 0.25) is 0 Å². The molecule has 0 bridgehead atoms. The molecule has 0 heterocycles. The summed E-state index contributed by atoms with van der Waals surface area (Å²) in [7, 11) is 0. The Hall–Kier alpha value is -2.82. The van der Waals surface area contributed by atoms with Crippen molar-refractivity contribution >= 4 is 17.6 Å². The normalized spacial score (nSPS) is 9.85. The highest BCUT2D eigenvalue weighted by molar-refractivity contribution is 5.88. The maximum absolute atomic E-state index is 10.9. The number of carboxylic acids is 1. The lowest BCUT2D eigenvalue weighted by Crippen LogP contribution is -2.21. The minimum atomic E-state index is -1.23. The maximum atomic E-state index is 10.9. The van der Waals surface area contributed by atoms with Crippen LogP contribution >= 0.6 is 0 Å². The van der Waals surface area contributed by atoms with Crippen LogP contribution in [0.4, 0.5) is 5.69 Å². The van der Waals surface area contributed by atoms with Crippen LogP contribution in [0.1, 0.15) is 17.3 Å². The van der Waals surface area contributed by atoms with Crippen LogP contribution < -0.4 is 15.2 Å². The first kappa shape index (κ1) is 13.6. The van der Waals surface area contributed by atoms with Gasteiger partial charge in [-0.1, -0.05) is 0 Å². The molecule has 0 aliphatic rings. The molecule has 0 atom stereocenters. The van der Waals surface area contributed by atoms with Crippen molar-refractivity contribution in [2.24, 2.45) is 0 Å². The van der Waals surface area contributed by atoms with E-state index in [1.165, 1.54) is 19.1 Å². The van der Waals surface area contributed by atoms with Crippen LogP contribution in [0, 0.1) is 0 Å². The monoisotopic (exact) mass is 270 g/mol. The molecule has 0 radical (unpaired) electrons. The molecule has 5 heteroatoms. The third kappa shape index (κ3) is 3.58. The van der Waals surface area contributed by atoms with Crippen LogP contribution in [0.5, 0.6) is 11.5 Å². The van der Waals surface area contributed by atoms with Crippen molar-refractivity contribution in [2.45, 2.75) is 6.92 Å².